The predicted molar refractivity (Wildman–Crippen MR) is 141 cm³/mol. The van der Waals surface area contributed by atoms with Gasteiger partial charge in [0.25, 0.3) is 10.0 Å². The normalized spacial score (nSPS) is 12.1. The molecule has 0 saturated carbocycles. The number of anilines is 1. The zero-order valence-electron chi connectivity index (χ0n) is 20.4. The fraction of sp³-hybridized carbons (Fsp3) is 0.259. The summed E-state index contributed by atoms with van der Waals surface area (Å²) in [6.07, 6.45) is 0.369. The van der Waals surface area contributed by atoms with Gasteiger partial charge >= 0.3 is 5.97 Å². The standard InChI is InChI=1S/C27H29ClN2O5S/c1-18-10-12-23(13-11-18)36(34,35)30(25-9-5-8-24(28)20(25)3)17-26(31)29-16-22-7-4-6-21(15-22)14-19(2)27(32)33/h4-13,15,19H,14,16-17H2,1-3H3,(H,29,31)(H,32,33). The number of hydrogen-bond acceptors (Lipinski definition) is 4. The lowest BCUT2D eigenvalue weighted by Crippen LogP contribution is -2.41. The second kappa shape index (κ2) is 11.6. The molecule has 0 spiro atoms. The summed E-state index contributed by atoms with van der Waals surface area (Å²) in [6, 6.07) is 18.6. The van der Waals surface area contributed by atoms with E-state index in [0.29, 0.717) is 22.7 Å². The van der Waals surface area contributed by atoms with Crippen LogP contribution in [0.2, 0.25) is 5.02 Å². The minimum absolute atomic E-state index is 0.0699. The van der Waals surface area contributed by atoms with Crippen molar-refractivity contribution in [2.45, 2.75) is 38.6 Å². The summed E-state index contributed by atoms with van der Waals surface area (Å²) in [7, 11) is -4.06. The number of carbonyl (C=O) groups is 2. The average molecular weight is 529 g/mol. The van der Waals surface area contributed by atoms with Crippen LogP contribution in [0.15, 0.2) is 71.6 Å². The molecule has 0 bridgehead atoms. The van der Waals surface area contributed by atoms with Crippen molar-refractivity contribution in [1.82, 2.24) is 5.32 Å². The molecule has 0 fully saturated rings. The summed E-state index contributed by atoms with van der Waals surface area (Å²) in [5.41, 5.74) is 3.41. The molecule has 0 aliphatic carbocycles. The van der Waals surface area contributed by atoms with Gasteiger partial charge in [0.05, 0.1) is 16.5 Å². The van der Waals surface area contributed by atoms with Gasteiger partial charge in [-0.3, -0.25) is 13.9 Å². The van der Waals surface area contributed by atoms with Crippen LogP contribution in [-0.4, -0.2) is 31.9 Å². The van der Waals surface area contributed by atoms with E-state index in [2.05, 4.69) is 5.32 Å². The first-order valence-electron chi connectivity index (χ1n) is 11.4. The lowest BCUT2D eigenvalue weighted by atomic mass is 10.00. The van der Waals surface area contributed by atoms with E-state index in [1.165, 1.54) is 12.1 Å². The van der Waals surface area contributed by atoms with Crippen LogP contribution in [0.1, 0.15) is 29.2 Å². The molecule has 1 atom stereocenters. The summed E-state index contributed by atoms with van der Waals surface area (Å²) in [5.74, 6) is -1.90. The van der Waals surface area contributed by atoms with Gasteiger partial charge in [-0.2, -0.15) is 0 Å². The van der Waals surface area contributed by atoms with Crippen LogP contribution in [0.4, 0.5) is 5.69 Å². The fourth-order valence-electron chi connectivity index (χ4n) is 3.70. The van der Waals surface area contributed by atoms with Crippen molar-refractivity contribution in [3.05, 3.63) is 94.0 Å². The van der Waals surface area contributed by atoms with Crippen LogP contribution in [0.5, 0.6) is 0 Å². The number of amides is 1. The van der Waals surface area contributed by atoms with E-state index in [9.17, 15) is 18.0 Å². The molecular weight excluding hydrogens is 500 g/mol. The van der Waals surface area contributed by atoms with E-state index in [-0.39, 0.29) is 11.4 Å². The number of halogens is 1. The van der Waals surface area contributed by atoms with E-state index in [1.54, 1.807) is 50.2 Å². The summed E-state index contributed by atoms with van der Waals surface area (Å²) in [4.78, 5) is 24.2. The van der Waals surface area contributed by atoms with Crippen molar-refractivity contribution in [1.29, 1.82) is 0 Å². The number of carbonyl (C=O) groups excluding carboxylic acids is 1. The molecule has 9 heteroatoms. The third-order valence-corrected chi connectivity index (χ3v) is 8.03. The van der Waals surface area contributed by atoms with Gasteiger partial charge in [-0.25, -0.2) is 8.42 Å². The summed E-state index contributed by atoms with van der Waals surface area (Å²) >= 11 is 6.26. The molecule has 3 aromatic carbocycles. The smallest absolute Gasteiger partial charge is 0.306 e. The molecule has 1 unspecified atom stereocenters. The Morgan fingerprint density at radius 2 is 1.64 bits per heavy atom. The Morgan fingerprint density at radius 3 is 2.31 bits per heavy atom. The molecule has 0 saturated heterocycles. The minimum Gasteiger partial charge on any atom is -0.481 e. The summed E-state index contributed by atoms with van der Waals surface area (Å²) < 4.78 is 28.2. The van der Waals surface area contributed by atoms with E-state index < -0.39 is 34.4 Å². The molecule has 36 heavy (non-hydrogen) atoms. The largest absolute Gasteiger partial charge is 0.481 e. The van der Waals surface area contributed by atoms with Gasteiger partial charge in [-0.05, 0) is 61.2 Å². The SMILES string of the molecule is Cc1ccc(S(=O)(=O)N(CC(=O)NCc2cccc(CC(C)C(=O)O)c2)c2cccc(Cl)c2C)cc1. The maximum Gasteiger partial charge on any atom is 0.306 e. The Morgan fingerprint density at radius 1 is 1.00 bits per heavy atom. The number of sulfonamides is 1. The van der Waals surface area contributed by atoms with Crippen LogP contribution in [0, 0.1) is 19.8 Å². The number of hydrogen-bond donors (Lipinski definition) is 2. The van der Waals surface area contributed by atoms with Gasteiger partial charge in [0.15, 0.2) is 0 Å². The molecule has 0 aromatic heterocycles. The van der Waals surface area contributed by atoms with Crippen molar-refractivity contribution in [3.63, 3.8) is 0 Å². The van der Waals surface area contributed by atoms with Crippen LogP contribution >= 0.6 is 11.6 Å². The van der Waals surface area contributed by atoms with Crippen molar-refractivity contribution in [2.75, 3.05) is 10.8 Å². The van der Waals surface area contributed by atoms with Crippen molar-refractivity contribution in [3.8, 4) is 0 Å². The Labute approximate surface area is 216 Å². The highest BCUT2D eigenvalue weighted by atomic mass is 35.5. The van der Waals surface area contributed by atoms with Crippen LogP contribution in [0.3, 0.4) is 0 Å². The monoisotopic (exact) mass is 528 g/mol. The Balaban J connectivity index is 1.82. The second-order valence-corrected chi connectivity index (χ2v) is 11.0. The molecule has 0 heterocycles. The molecule has 1 amide bonds. The second-order valence-electron chi connectivity index (χ2n) is 8.75. The van der Waals surface area contributed by atoms with E-state index in [4.69, 9.17) is 16.7 Å². The lowest BCUT2D eigenvalue weighted by molar-refractivity contribution is -0.141. The maximum atomic E-state index is 13.6. The molecule has 7 nitrogen and oxygen atoms in total. The number of rotatable bonds is 10. The van der Waals surface area contributed by atoms with Gasteiger partial charge in [-0.1, -0.05) is 66.6 Å². The molecule has 3 rings (SSSR count). The lowest BCUT2D eigenvalue weighted by Gasteiger charge is -2.26. The Bertz CT molecular complexity index is 1360. The van der Waals surface area contributed by atoms with Crippen molar-refractivity contribution >= 4 is 39.2 Å². The third-order valence-electron chi connectivity index (χ3n) is 5.85. The van der Waals surface area contributed by atoms with Crippen molar-refractivity contribution in [2.24, 2.45) is 5.92 Å². The number of carboxylic acid groups (broad SMARTS) is 1. The molecule has 190 valence electrons. The molecule has 0 aliphatic rings. The highest BCUT2D eigenvalue weighted by molar-refractivity contribution is 7.92. The van der Waals surface area contributed by atoms with Crippen LogP contribution in [-0.2, 0) is 32.6 Å². The van der Waals surface area contributed by atoms with Gasteiger partial charge in [0.2, 0.25) is 5.91 Å². The highest BCUT2D eigenvalue weighted by Gasteiger charge is 2.28. The third kappa shape index (κ3) is 6.65. The van der Waals surface area contributed by atoms with Gasteiger partial charge in [0.1, 0.15) is 6.54 Å². The van der Waals surface area contributed by atoms with Crippen LogP contribution < -0.4 is 9.62 Å². The molecule has 2 N–H and O–H groups in total. The first-order valence-corrected chi connectivity index (χ1v) is 13.2. The number of nitrogens with one attached hydrogen (secondary N) is 1. The zero-order chi connectivity index (χ0) is 26.5. The van der Waals surface area contributed by atoms with Crippen molar-refractivity contribution < 1.29 is 23.1 Å². The number of benzene rings is 3. The summed E-state index contributed by atoms with van der Waals surface area (Å²) in [6.45, 7) is 4.93. The Kier molecular flexibility index (Phi) is 8.76. The molecule has 0 radical (unpaired) electrons. The molecule has 0 aliphatic heterocycles. The minimum atomic E-state index is -4.06. The van der Waals surface area contributed by atoms with E-state index in [1.807, 2.05) is 25.1 Å². The zero-order valence-corrected chi connectivity index (χ0v) is 21.9. The first-order chi connectivity index (χ1) is 17.0. The van der Waals surface area contributed by atoms with E-state index >= 15 is 0 Å². The van der Waals surface area contributed by atoms with Gasteiger partial charge in [0, 0.05) is 11.6 Å². The number of aliphatic carboxylic acids is 1. The fourth-order valence-corrected chi connectivity index (χ4v) is 5.35. The Hall–Kier alpha value is -3.36. The molecular formula is C27H29ClN2O5S. The molecule has 3 aromatic rings. The highest BCUT2D eigenvalue weighted by Crippen LogP contribution is 2.30. The van der Waals surface area contributed by atoms with Gasteiger partial charge in [-0.15, -0.1) is 0 Å². The quantitative estimate of drug-likeness (QED) is 0.396. The predicted octanol–water partition coefficient (Wildman–Crippen LogP) is 4.73. The van der Waals surface area contributed by atoms with Crippen LogP contribution in [0.25, 0.3) is 0 Å². The number of carboxylic acids is 1. The number of aryl methyl sites for hydroxylation is 1. The summed E-state index contributed by atoms with van der Waals surface area (Å²) in [5, 5.41) is 12.3. The maximum absolute atomic E-state index is 13.6. The van der Waals surface area contributed by atoms with Gasteiger partial charge < -0.3 is 10.4 Å². The topological polar surface area (TPSA) is 104 Å². The average Bonchev–Trinajstić information content (AvgIpc) is 2.83. The van der Waals surface area contributed by atoms with E-state index in [0.717, 1.165) is 21.0 Å². The number of nitrogens with zero attached hydrogens (tertiary/aromatic N) is 1. The first kappa shape index (κ1) is 27.2.